The Labute approximate surface area is 105 Å². The van der Waals surface area contributed by atoms with E-state index in [9.17, 15) is 0 Å². The van der Waals surface area contributed by atoms with Crippen molar-refractivity contribution in [2.24, 2.45) is 0 Å². The summed E-state index contributed by atoms with van der Waals surface area (Å²) in [6.07, 6.45) is 2.63. The summed E-state index contributed by atoms with van der Waals surface area (Å²) in [5, 5.41) is 1.13. The van der Waals surface area contributed by atoms with Gasteiger partial charge in [-0.2, -0.15) is 0 Å². The lowest BCUT2D eigenvalue weighted by atomic mass is 10.2. The monoisotopic (exact) mass is 251 g/mol. The molecule has 17 heavy (non-hydrogen) atoms. The minimum absolute atomic E-state index is 0.792. The minimum Gasteiger partial charge on any atom is -0.394 e. The molecule has 4 heteroatoms. The van der Waals surface area contributed by atoms with Gasteiger partial charge in [-0.05, 0) is 24.8 Å². The van der Waals surface area contributed by atoms with E-state index in [1.807, 2.05) is 32.3 Å². The Morgan fingerprint density at radius 1 is 1.29 bits per heavy atom. The van der Waals surface area contributed by atoms with Crippen LogP contribution in [-0.2, 0) is 8.85 Å². The van der Waals surface area contributed by atoms with E-state index < -0.39 is 8.56 Å². The zero-order valence-electron chi connectivity index (χ0n) is 11.1. The number of hydrogen-bond acceptors (Lipinski definition) is 3. The Bertz CT molecular complexity index is 375. The molecule has 0 fully saturated rings. The molecule has 94 valence electrons. The standard InChI is InChI=1S/C13H21NO2Si/c1-6-12-8-7-9-13(10-12)17(15-4,16-5)11-14(2)3/h6-10H,1,11H2,2-5H3. The van der Waals surface area contributed by atoms with Crippen molar-refractivity contribution >= 4 is 19.8 Å². The van der Waals surface area contributed by atoms with Gasteiger partial charge in [0.25, 0.3) is 0 Å². The molecule has 0 atom stereocenters. The van der Waals surface area contributed by atoms with Crippen LogP contribution in [0.15, 0.2) is 30.8 Å². The van der Waals surface area contributed by atoms with Crippen molar-refractivity contribution in [3.8, 4) is 0 Å². The third-order valence-corrected chi connectivity index (χ3v) is 6.30. The molecule has 0 amide bonds. The molecule has 0 aromatic heterocycles. The Hall–Kier alpha value is -0.943. The predicted molar refractivity (Wildman–Crippen MR) is 74.5 cm³/mol. The van der Waals surface area contributed by atoms with Crippen molar-refractivity contribution in [3.63, 3.8) is 0 Å². The predicted octanol–water partition coefficient (Wildman–Crippen LogP) is 1.37. The van der Waals surface area contributed by atoms with Crippen LogP contribution in [0.3, 0.4) is 0 Å². The van der Waals surface area contributed by atoms with Crippen LogP contribution in [-0.4, -0.2) is 47.9 Å². The topological polar surface area (TPSA) is 21.7 Å². The number of rotatable bonds is 6. The van der Waals surface area contributed by atoms with Crippen molar-refractivity contribution in [3.05, 3.63) is 36.4 Å². The fraction of sp³-hybridized carbons (Fsp3) is 0.385. The number of hydrogen-bond donors (Lipinski definition) is 0. The fourth-order valence-electron chi connectivity index (χ4n) is 1.86. The molecule has 1 aromatic rings. The second-order valence-electron chi connectivity index (χ2n) is 4.23. The highest BCUT2D eigenvalue weighted by Gasteiger charge is 2.38. The van der Waals surface area contributed by atoms with Gasteiger partial charge in [0.1, 0.15) is 0 Å². The van der Waals surface area contributed by atoms with Crippen LogP contribution in [0, 0.1) is 0 Å². The summed E-state index contributed by atoms with van der Waals surface area (Å²) < 4.78 is 11.4. The van der Waals surface area contributed by atoms with Crippen LogP contribution in [0.5, 0.6) is 0 Å². The van der Waals surface area contributed by atoms with Crippen molar-refractivity contribution in [2.75, 3.05) is 34.5 Å². The Kier molecular flexibility index (Phi) is 5.08. The fourth-order valence-corrected chi connectivity index (χ4v) is 4.51. The van der Waals surface area contributed by atoms with Crippen LogP contribution in [0.25, 0.3) is 6.08 Å². The maximum atomic E-state index is 5.72. The van der Waals surface area contributed by atoms with Crippen molar-refractivity contribution in [1.82, 2.24) is 4.90 Å². The van der Waals surface area contributed by atoms with E-state index in [2.05, 4.69) is 23.6 Å². The largest absolute Gasteiger partial charge is 0.394 e. The lowest BCUT2D eigenvalue weighted by Gasteiger charge is -2.30. The van der Waals surface area contributed by atoms with Gasteiger partial charge >= 0.3 is 8.56 Å². The molecule has 0 radical (unpaired) electrons. The highest BCUT2D eigenvalue weighted by Crippen LogP contribution is 2.09. The van der Waals surface area contributed by atoms with Gasteiger partial charge in [0.05, 0.1) is 0 Å². The average molecular weight is 251 g/mol. The third-order valence-electron chi connectivity index (χ3n) is 2.75. The maximum absolute atomic E-state index is 5.72. The molecule has 0 aliphatic carbocycles. The summed E-state index contributed by atoms with van der Waals surface area (Å²) in [6.45, 7) is 3.79. The molecule has 3 nitrogen and oxygen atoms in total. The quantitative estimate of drug-likeness (QED) is 0.713. The SMILES string of the molecule is C=Cc1cccc([Si](CN(C)C)(OC)OC)c1. The van der Waals surface area contributed by atoms with E-state index in [1.165, 1.54) is 0 Å². The summed E-state index contributed by atoms with van der Waals surface area (Å²) >= 11 is 0. The molecule has 0 saturated carbocycles. The first kappa shape index (κ1) is 14.1. The zero-order valence-corrected chi connectivity index (χ0v) is 12.1. The van der Waals surface area contributed by atoms with Gasteiger partial charge in [-0.1, -0.05) is 36.9 Å². The second-order valence-corrected chi connectivity index (χ2v) is 7.44. The summed E-state index contributed by atoms with van der Waals surface area (Å²) in [4.78, 5) is 2.10. The van der Waals surface area contributed by atoms with Crippen LogP contribution < -0.4 is 5.19 Å². The summed E-state index contributed by atoms with van der Waals surface area (Å²) in [7, 11) is 5.14. The van der Waals surface area contributed by atoms with Crippen molar-refractivity contribution in [1.29, 1.82) is 0 Å². The number of nitrogens with zero attached hydrogens (tertiary/aromatic N) is 1. The van der Waals surface area contributed by atoms with Crippen LogP contribution >= 0.6 is 0 Å². The molecule has 0 bridgehead atoms. The summed E-state index contributed by atoms with van der Waals surface area (Å²) in [6, 6.07) is 8.20. The van der Waals surface area contributed by atoms with Gasteiger partial charge in [0.2, 0.25) is 0 Å². The van der Waals surface area contributed by atoms with Gasteiger partial charge in [-0.25, -0.2) is 0 Å². The summed E-state index contributed by atoms with van der Waals surface area (Å²) in [5.74, 6) is 0. The molecule has 0 aliphatic rings. The van der Waals surface area contributed by atoms with E-state index in [-0.39, 0.29) is 0 Å². The van der Waals surface area contributed by atoms with E-state index in [0.29, 0.717) is 0 Å². The molecule has 1 rings (SSSR count). The van der Waals surface area contributed by atoms with Gasteiger partial charge in [0, 0.05) is 20.4 Å². The minimum atomic E-state index is -2.35. The zero-order chi connectivity index (χ0) is 12.9. The molecule has 0 aliphatic heterocycles. The summed E-state index contributed by atoms with van der Waals surface area (Å²) in [5.41, 5.74) is 1.09. The molecular weight excluding hydrogens is 230 g/mol. The van der Waals surface area contributed by atoms with Gasteiger partial charge in [-0.3, -0.25) is 0 Å². The van der Waals surface area contributed by atoms with Crippen LogP contribution in [0.2, 0.25) is 0 Å². The Balaban J connectivity index is 3.15. The van der Waals surface area contributed by atoms with Gasteiger partial charge in [-0.15, -0.1) is 0 Å². The highest BCUT2D eigenvalue weighted by atomic mass is 28.4. The normalized spacial score (nSPS) is 11.8. The molecule has 0 spiro atoms. The Morgan fingerprint density at radius 2 is 1.94 bits per heavy atom. The molecule has 1 aromatic carbocycles. The van der Waals surface area contributed by atoms with Crippen LogP contribution in [0.4, 0.5) is 0 Å². The van der Waals surface area contributed by atoms with E-state index >= 15 is 0 Å². The van der Waals surface area contributed by atoms with E-state index in [1.54, 1.807) is 14.2 Å². The lowest BCUT2D eigenvalue weighted by Crippen LogP contribution is -2.59. The maximum Gasteiger partial charge on any atom is 0.386 e. The third kappa shape index (κ3) is 3.26. The molecule has 0 saturated heterocycles. The molecular formula is C13H21NO2Si. The van der Waals surface area contributed by atoms with E-state index in [4.69, 9.17) is 8.85 Å². The first-order chi connectivity index (χ1) is 8.07. The van der Waals surface area contributed by atoms with Crippen molar-refractivity contribution in [2.45, 2.75) is 0 Å². The first-order valence-corrected chi connectivity index (χ1v) is 7.58. The van der Waals surface area contributed by atoms with E-state index in [0.717, 1.165) is 16.9 Å². The van der Waals surface area contributed by atoms with Crippen LogP contribution in [0.1, 0.15) is 5.56 Å². The highest BCUT2D eigenvalue weighted by molar-refractivity contribution is 6.81. The molecule has 0 N–H and O–H groups in total. The van der Waals surface area contributed by atoms with Gasteiger partial charge in [0.15, 0.2) is 0 Å². The molecule has 0 heterocycles. The number of benzene rings is 1. The molecule has 0 unspecified atom stereocenters. The average Bonchev–Trinajstić information content (AvgIpc) is 2.36. The lowest BCUT2D eigenvalue weighted by molar-refractivity contribution is 0.238. The Morgan fingerprint density at radius 3 is 2.41 bits per heavy atom. The second kappa shape index (κ2) is 6.12. The van der Waals surface area contributed by atoms with Crippen molar-refractivity contribution < 1.29 is 8.85 Å². The first-order valence-electron chi connectivity index (χ1n) is 5.56. The van der Waals surface area contributed by atoms with Gasteiger partial charge < -0.3 is 13.8 Å². The smallest absolute Gasteiger partial charge is 0.386 e.